The Morgan fingerprint density at radius 1 is 0.719 bits per heavy atom. The second kappa shape index (κ2) is 18.9. The molecule has 0 spiro atoms. The van der Waals surface area contributed by atoms with Gasteiger partial charge in [0.05, 0.1) is 12.2 Å². The first-order valence-electron chi connectivity index (χ1n) is 12.4. The molecule has 0 aliphatic heterocycles. The van der Waals surface area contributed by atoms with Gasteiger partial charge in [0.1, 0.15) is 6.04 Å². The smallest absolute Gasteiger partial charge is 0.328 e. The van der Waals surface area contributed by atoms with Gasteiger partial charge in [-0.3, -0.25) is 9.59 Å². The van der Waals surface area contributed by atoms with E-state index in [9.17, 15) is 29.7 Å². The maximum absolute atomic E-state index is 12.5. The molecule has 0 saturated carbocycles. The van der Waals surface area contributed by atoms with E-state index < -0.39 is 36.2 Å². The summed E-state index contributed by atoms with van der Waals surface area (Å²) in [6.45, 7) is 5.54. The lowest BCUT2D eigenvalue weighted by Gasteiger charge is -2.25. The van der Waals surface area contributed by atoms with Gasteiger partial charge in [0.25, 0.3) is 0 Å². The molecule has 0 heterocycles. The fraction of sp³-hybridized carbons (Fsp3) is 0.875. The van der Waals surface area contributed by atoms with Gasteiger partial charge in [-0.1, -0.05) is 84.5 Å². The number of carbonyl (C=O) groups excluding carboxylic acids is 2. The maximum atomic E-state index is 12.5. The van der Waals surface area contributed by atoms with Gasteiger partial charge in [-0.25, -0.2) is 4.79 Å². The van der Waals surface area contributed by atoms with Crippen LogP contribution in [-0.4, -0.2) is 57.4 Å². The first kappa shape index (κ1) is 30.3. The maximum Gasteiger partial charge on any atom is 0.328 e. The monoisotopic (exact) mass is 458 g/mol. The van der Waals surface area contributed by atoms with Crippen LogP contribution in [0.4, 0.5) is 0 Å². The molecule has 0 aliphatic rings. The van der Waals surface area contributed by atoms with Crippen LogP contribution in [0, 0.1) is 0 Å². The highest BCUT2D eigenvalue weighted by Crippen LogP contribution is 2.11. The lowest BCUT2D eigenvalue weighted by atomic mass is 10.0. The third-order valence-corrected chi connectivity index (χ3v) is 5.64. The van der Waals surface area contributed by atoms with Gasteiger partial charge < -0.3 is 26.0 Å². The minimum Gasteiger partial charge on any atom is -0.480 e. The van der Waals surface area contributed by atoms with Gasteiger partial charge in [0.15, 0.2) is 6.04 Å². The van der Waals surface area contributed by atoms with E-state index in [1.165, 1.54) is 39.0 Å². The summed E-state index contributed by atoms with van der Waals surface area (Å²) in [6, 6.07) is -2.76. The molecule has 8 heteroatoms. The molecule has 0 fully saturated rings. The summed E-state index contributed by atoms with van der Waals surface area (Å²) < 4.78 is 0. The zero-order valence-electron chi connectivity index (χ0n) is 20.3. The predicted octanol–water partition coefficient (Wildman–Crippen LogP) is 3.28. The fourth-order valence-corrected chi connectivity index (χ4v) is 3.58. The van der Waals surface area contributed by atoms with Crippen molar-refractivity contribution in [2.24, 2.45) is 0 Å². The normalized spacial score (nSPS) is 14.9. The Bertz CT molecular complexity index is 527. The highest BCUT2D eigenvalue weighted by Gasteiger charge is 2.33. The lowest BCUT2D eigenvalue weighted by Crippen LogP contribution is -2.58. The van der Waals surface area contributed by atoms with Gasteiger partial charge >= 0.3 is 5.97 Å². The number of nitrogens with one attached hydrogen (secondary N) is 2. The molecule has 0 aromatic rings. The minimum absolute atomic E-state index is 0.244. The van der Waals surface area contributed by atoms with Gasteiger partial charge in [0, 0.05) is 6.42 Å². The van der Waals surface area contributed by atoms with E-state index in [-0.39, 0.29) is 18.7 Å². The second-order valence-corrected chi connectivity index (χ2v) is 8.75. The van der Waals surface area contributed by atoms with Crippen LogP contribution in [0.1, 0.15) is 111 Å². The molecule has 188 valence electrons. The molecule has 32 heavy (non-hydrogen) atoms. The van der Waals surface area contributed by atoms with Crippen LogP contribution in [0.25, 0.3) is 0 Å². The van der Waals surface area contributed by atoms with Gasteiger partial charge in [0.2, 0.25) is 11.8 Å². The molecule has 0 rings (SSSR count). The first-order valence-corrected chi connectivity index (χ1v) is 12.4. The summed E-state index contributed by atoms with van der Waals surface area (Å²) in [5.41, 5.74) is 0. The zero-order valence-corrected chi connectivity index (χ0v) is 20.3. The van der Waals surface area contributed by atoms with Crippen LogP contribution in [0.5, 0.6) is 0 Å². The quantitative estimate of drug-likeness (QED) is 0.178. The molecule has 0 aromatic carbocycles. The summed E-state index contributed by atoms with van der Waals surface area (Å²) >= 11 is 0. The molecule has 0 radical (unpaired) electrons. The van der Waals surface area contributed by atoms with Crippen molar-refractivity contribution in [2.75, 3.05) is 0 Å². The van der Waals surface area contributed by atoms with Crippen molar-refractivity contribution < 1.29 is 29.7 Å². The fourth-order valence-electron chi connectivity index (χ4n) is 3.58. The van der Waals surface area contributed by atoms with Crippen LogP contribution < -0.4 is 10.6 Å². The van der Waals surface area contributed by atoms with Gasteiger partial charge in [-0.2, -0.15) is 0 Å². The number of rotatable bonds is 20. The first-order chi connectivity index (χ1) is 15.2. The molecule has 8 nitrogen and oxygen atoms in total. The molecular formula is C24H46N2O6. The van der Waals surface area contributed by atoms with Gasteiger partial charge in [-0.15, -0.1) is 0 Å². The van der Waals surface area contributed by atoms with Crippen LogP contribution in [-0.2, 0) is 14.4 Å². The van der Waals surface area contributed by atoms with Crippen molar-refractivity contribution in [1.29, 1.82) is 0 Å². The van der Waals surface area contributed by atoms with E-state index >= 15 is 0 Å². The molecule has 5 N–H and O–H groups in total. The third-order valence-electron chi connectivity index (χ3n) is 5.64. The summed E-state index contributed by atoms with van der Waals surface area (Å²) in [5.74, 6) is -2.53. The lowest BCUT2D eigenvalue weighted by molar-refractivity contribution is -0.146. The van der Waals surface area contributed by atoms with Crippen molar-refractivity contribution >= 4 is 17.8 Å². The molecule has 4 unspecified atom stereocenters. The van der Waals surface area contributed by atoms with Crippen molar-refractivity contribution in [3.8, 4) is 0 Å². The largest absolute Gasteiger partial charge is 0.480 e. The number of unbranched alkanes of at least 4 members (excludes halogenated alkanes) is 10. The Balaban J connectivity index is 4.45. The topological polar surface area (TPSA) is 136 Å². The molecular weight excluding hydrogens is 412 g/mol. The number of carbonyl (C=O) groups is 3. The Labute approximate surface area is 193 Å². The summed E-state index contributed by atoms with van der Waals surface area (Å²) in [4.78, 5) is 36.3. The van der Waals surface area contributed by atoms with Crippen LogP contribution >= 0.6 is 0 Å². The number of carboxylic acid groups (broad SMARTS) is 1. The van der Waals surface area contributed by atoms with E-state index in [1.807, 2.05) is 6.92 Å². The number of carboxylic acids is 1. The summed E-state index contributed by atoms with van der Waals surface area (Å²) in [7, 11) is 0. The molecule has 4 atom stereocenters. The van der Waals surface area contributed by atoms with Crippen molar-refractivity contribution in [1.82, 2.24) is 10.6 Å². The highest BCUT2D eigenvalue weighted by atomic mass is 16.4. The van der Waals surface area contributed by atoms with Gasteiger partial charge in [-0.05, 0) is 19.8 Å². The molecule has 0 aromatic heterocycles. The number of hydrogen-bond acceptors (Lipinski definition) is 5. The van der Waals surface area contributed by atoms with E-state index in [0.29, 0.717) is 12.8 Å². The SMILES string of the molecule is CCCCCCCCCCCC(=O)NC(C(=O)NC(C(=O)O)C(O)CCCCC)C(C)O. The second-order valence-electron chi connectivity index (χ2n) is 8.75. The van der Waals surface area contributed by atoms with E-state index in [1.54, 1.807) is 0 Å². The molecule has 0 saturated heterocycles. The Morgan fingerprint density at radius 3 is 1.72 bits per heavy atom. The number of aliphatic hydroxyl groups is 2. The van der Waals surface area contributed by atoms with E-state index in [2.05, 4.69) is 17.6 Å². The Kier molecular flexibility index (Phi) is 17.9. The standard InChI is InChI=1S/C24H46N2O6/c1-4-6-8-9-10-11-12-13-15-17-20(29)25-21(18(3)27)23(30)26-22(24(31)32)19(28)16-14-7-5-2/h18-19,21-22,27-28H,4-17H2,1-3H3,(H,25,29)(H,26,30)(H,31,32). The zero-order chi connectivity index (χ0) is 24.4. The van der Waals surface area contributed by atoms with E-state index in [4.69, 9.17) is 0 Å². The average molecular weight is 459 g/mol. The highest BCUT2D eigenvalue weighted by molar-refractivity contribution is 5.91. The van der Waals surface area contributed by atoms with Crippen LogP contribution in [0.3, 0.4) is 0 Å². The number of aliphatic hydroxyl groups excluding tert-OH is 2. The Hall–Kier alpha value is -1.67. The summed E-state index contributed by atoms with van der Waals surface area (Å²) in [5, 5.41) is 34.2. The van der Waals surface area contributed by atoms with Crippen LogP contribution in [0.15, 0.2) is 0 Å². The molecule has 2 amide bonds. The molecule has 0 bridgehead atoms. The third kappa shape index (κ3) is 14.4. The van der Waals surface area contributed by atoms with Crippen molar-refractivity contribution in [2.45, 2.75) is 135 Å². The van der Waals surface area contributed by atoms with E-state index in [0.717, 1.165) is 32.1 Å². The Morgan fingerprint density at radius 2 is 1.22 bits per heavy atom. The predicted molar refractivity (Wildman–Crippen MR) is 125 cm³/mol. The number of amides is 2. The van der Waals surface area contributed by atoms with Crippen molar-refractivity contribution in [3.05, 3.63) is 0 Å². The minimum atomic E-state index is -1.49. The average Bonchev–Trinajstić information content (AvgIpc) is 2.74. The number of hydrogen-bond donors (Lipinski definition) is 5. The van der Waals surface area contributed by atoms with Crippen LogP contribution in [0.2, 0.25) is 0 Å². The number of aliphatic carboxylic acids is 1. The van der Waals surface area contributed by atoms with Crippen molar-refractivity contribution in [3.63, 3.8) is 0 Å². The molecule has 0 aliphatic carbocycles. The summed E-state index contributed by atoms with van der Waals surface area (Å²) in [6.07, 6.45) is 10.6.